The molecular weight excluding hydrogens is 390 g/mol. The van der Waals surface area contributed by atoms with Gasteiger partial charge in [-0.15, -0.1) is 0 Å². The number of hydrogen-bond donors (Lipinski definition) is 0. The molecule has 0 spiro atoms. The van der Waals surface area contributed by atoms with Gasteiger partial charge in [0.05, 0.1) is 0 Å². The molecule has 2 amide bonds. The molecule has 2 atom stereocenters. The van der Waals surface area contributed by atoms with Gasteiger partial charge in [-0.25, -0.2) is 17.6 Å². The molecule has 1 aromatic rings. The van der Waals surface area contributed by atoms with Crippen LogP contribution in [0.15, 0.2) is 11.2 Å². The van der Waals surface area contributed by atoms with Gasteiger partial charge >= 0.3 is 0 Å². The monoisotopic (exact) mass is 411 g/mol. The summed E-state index contributed by atoms with van der Waals surface area (Å²) in [6.07, 6.45) is 5.24. The fourth-order valence-corrected chi connectivity index (χ4v) is 4.60. The zero-order chi connectivity index (χ0) is 20.7. The highest BCUT2D eigenvalue weighted by Gasteiger charge is 2.37. The van der Waals surface area contributed by atoms with E-state index in [0.717, 1.165) is 19.3 Å². The Hall–Kier alpha value is -2.45. The van der Waals surface area contributed by atoms with E-state index in [-0.39, 0.29) is 29.6 Å². The third-order valence-electron chi connectivity index (χ3n) is 6.16. The lowest BCUT2D eigenvalue weighted by Gasteiger charge is -2.41. The van der Waals surface area contributed by atoms with E-state index in [0.29, 0.717) is 24.9 Å². The summed E-state index contributed by atoms with van der Waals surface area (Å²) in [5.41, 5.74) is -1.27. The van der Waals surface area contributed by atoms with Crippen LogP contribution in [0.3, 0.4) is 0 Å². The quantitative estimate of drug-likeness (QED) is 0.550. The van der Waals surface area contributed by atoms with Gasteiger partial charge in [0.15, 0.2) is 23.3 Å². The molecule has 156 valence electrons. The Kier molecular flexibility index (Phi) is 5.31. The third-order valence-corrected chi connectivity index (χ3v) is 6.16. The molecule has 0 N–H and O–H groups in total. The van der Waals surface area contributed by atoms with E-state index in [4.69, 9.17) is 0 Å². The molecule has 1 saturated heterocycles. The van der Waals surface area contributed by atoms with E-state index >= 15 is 0 Å². The summed E-state index contributed by atoms with van der Waals surface area (Å²) in [5, 5.41) is 4.09. The molecule has 5 nitrogen and oxygen atoms in total. The highest BCUT2D eigenvalue weighted by atomic mass is 19.2. The first kappa shape index (κ1) is 19.8. The van der Waals surface area contributed by atoms with Crippen molar-refractivity contribution in [1.29, 1.82) is 0 Å². The van der Waals surface area contributed by atoms with Crippen molar-refractivity contribution in [3.8, 4) is 0 Å². The van der Waals surface area contributed by atoms with Crippen molar-refractivity contribution in [3.63, 3.8) is 0 Å². The molecule has 3 aliphatic rings. The molecule has 29 heavy (non-hydrogen) atoms. The molecule has 1 aromatic carbocycles. The number of carbonyl (C=O) groups is 2. The molecule has 0 aromatic heterocycles. The molecule has 9 heteroatoms. The first-order valence-corrected chi connectivity index (χ1v) is 9.89. The van der Waals surface area contributed by atoms with Crippen LogP contribution in [0.1, 0.15) is 44.9 Å². The van der Waals surface area contributed by atoms with Crippen LogP contribution in [0.2, 0.25) is 0 Å². The summed E-state index contributed by atoms with van der Waals surface area (Å²) in [5.74, 6) is -6.93. The average Bonchev–Trinajstić information content (AvgIpc) is 2.73. The first-order valence-electron chi connectivity index (χ1n) is 9.89. The number of hydrazone groups is 1. The second-order valence-corrected chi connectivity index (χ2v) is 7.91. The Balaban J connectivity index is 1.61. The van der Waals surface area contributed by atoms with Crippen molar-refractivity contribution in [1.82, 2.24) is 4.90 Å². The number of rotatable bonds is 2. The Bertz CT molecular complexity index is 863. The molecule has 0 unspecified atom stereocenters. The summed E-state index contributed by atoms with van der Waals surface area (Å²) >= 11 is 0. The number of anilines is 1. The van der Waals surface area contributed by atoms with Gasteiger partial charge in [0.1, 0.15) is 11.4 Å². The number of carbonyl (C=O) groups excluding carboxylic acids is 2. The van der Waals surface area contributed by atoms with Gasteiger partial charge in [-0.3, -0.25) is 9.59 Å². The van der Waals surface area contributed by atoms with Crippen LogP contribution in [0, 0.1) is 35.1 Å². The molecule has 4 rings (SSSR count). The SMILES string of the molecule is O=C(C1=NN(c2c(F)c(F)cc(F)c2F)C(=O)CC1)N1CC[C@@H]2CCCC[C@H]2C1. The van der Waals surface area contributed by atoms with Gasteiger partial charge < -0.3 is 4.90 Å². The normalized spacial score (nSPS) is 25.0. The highest BCUT2D eigenvalue weighted by Crippen LogP contribution is 2.36. The largest absolute Gasteiger partial charge is 0.337 e. The molecule has 1 aliphatic carbocycles. The minimum atomic E-state index is -1.72. The Morgan fingerprint density at radius 3 is 2.31 bits per heavy atom. The summed E-state index contributed by atoms with van der Waals surface area (Å²) in [4.78, 5) is 26.8. The molecular formula is C20H21F4N3O2. The standard InChI is InChI=1S/C20H21F4N3O2/c21-13-9-14(22)18(24)19(17(13)23)27-16(28)6-5-15(25-27)20(29)26-8-7-11-3-1-2-4-12(11)10-26/h9,11-12H,1-8,10H2/t11-,12-/m0/s1. The minimum Gasteiger partial charge on any atom is -0.337 e. The Morgan fingerprint density at radius 1 is 0.966 bits per heavy atom. The van der Waals surface area contributed by atoms with E-state index in [9.17, 15) is 27.2 Å². The maximum absolute atomic E-state index is 14.1. The molecule has 2 fully saturated rings. The lowest BCUT2D eigenvalue weighted by molar-refractivity contribution is -0.127. The summed E-state index contributed by atoms with van der Waals surface area (Å²) in [6, 6.07) is 0.0622. The van der Waals surface area contributed by atoms with E-state index in [1.54, 1.807) is 4.90 Å². The van der Waals surface area contributed by atoms with Gasteiger partial charge in [0, 0.05) is 32.0 Å². The summed E-state index contributed by atoms with van der Waals surface area (Å²) in [6.45, 7) is 1.15. The van der Waals surface area contributed by atoms with Gasteiger partial charge in [0.25, 0.3) is 5.91 Å². The lowest BCUT2D eigenvalue weighted by Crippen LogP contribution is -2.48. The predicted molar refractivity (Wildman–Crippen MR) is 97.1 cm³/mol. The van der Waals surface area contributed by atoms with Crippen molar-refractivity contribution in [3.05, 3.63) is 29.3 Å². The number of fused-ring (bicyclic) bond motifs is 1. The van der Waals surface area contributed by atoms with E-state index in [1.165, 1.54) is 12.8 Å². The van der Waals surface area contributed by atoms with Crippen LogP contribution in [0.5, 0.6) is 0 Å². The number of halogens is 4. The number of benzene rings is 1. The molecule has 2 heterocycles. The van der Waals surface area contributed by atoms with Crippen LogP contribution in [-0.2, 0) is 9.59 Å². The van der Waals surface area contributed by atoms with Gasteiger partial charge in [-0.2, -0.15) is 10.1 Å². The molecule has 1 saturated carbocycles. The van der Waals surface area contributed by atoms with Crippen molar-refractivity contribution >= 4 is 23.2 Å². The maximum Gasteiger partial charge on any atom is 0.270 e. The van der Waals surface area contributed by atoms with Crippen LogP contribution < -0.4 is 5.01 Å². The van der Waals surface area contributed by atoms with Crippen molar-refractivity contribution in [2.45, 2.75) is 44.9 Å². The zero-order valence-electron chi connectivity index (χ0n) is 15.8. The van der Waals surface area contributed by atoms with Crippen LogP contribution >= 0.6 is 0 Å². The Morgan fingerprint density at radius 2 is 1.62 bits per heavy atom. The number of piperidine rings is 1. The van der Waals surface area contributed by atoms with Crippen molar-refractivity contribution in [2.75, 3.05) is 18.1 Å². The topological polar surface area (TPSA) is 53.0 Å². The maximum atomic E-state index is 14.1. The highest BCUT2D eigenvalue weighted by molar-refractivity contribution is 6.40. The fourth-order valence-electron chi connectivity index (χ4n) is 4.60. The lowest BCUT2D eigenvalue weighted by atomic mass is 9.75. The molecule has 0 radical (unpaired) electrons. The predicted octanol–water partition coefficient (Wildman–Crippen LogP) is 3.76. The molecule has 0 bridgehead atoms. The molecule has 2 aliphatic heterocycles. The summed E-state index contributed by atoms with van der Waals surface area (Å²) < 4.78 is 55.4. The number of likely N-dealkylation sites (tertiary alicyclic amines) is 1. The van der Waals surface area contributed by atoms with Gasteiger partial charge in [0.2, 0.25) is 5.91 Å². The van der Waals surface area contributed by atoms with Gasteiger partial charge in [-0.1, -0.05) is 19.3 Å². The van der Waals surface area contributed by atoms with Crippen LogP contribution in [0.25, 0.3) is 0 Å². The fraction of sp³-hybridized carbons (Fsp3) is 0.550. The van der Waals surface area contributed by atoms with Crippen molar-refractivity contribution < 1.29 is 27.2 Å². The van der Waals surface area contributed by atoms with E-state index in [1.807, 2.05) is 0 Å². The second kappa shape index (κ2) is 7.76. The van der Waals surface area contributed by atoms with E-state index in [2.05, 4.69) is 5.10 Å². The number of nitrogens with zero attached hydrogens (tertiary/aromatic N) is 3. The summed E-state index contributed by atoms with van der Waals surface area (Å²) in [7, 11) is 0. The van der Waals surface area contributed by atoms with E-state index < -0.39 is 40.8 Å². The first-order chi connectivity index (χ1) is 13.9. The number of amides is 2. The second-order valence-electron chi connectivity index (χ2n) is 7.91. The third kappa shape index (κ3) is 3.62. The van der Waals surface area contributed by atoms with Crippen LogP contribution in [0.4, 0.5) is 23.2 Å². The van der Waals surface area contributed by atoms with Crippen LogP contribution in [-0.4, -0.2) is 35.5 Å². The smallest absolute Gasteiger partial charge is 0.270 e. The number of hydrogen-bond acceptors (Lipinski definition) is 3. The minimum absolute atomic E-state index is 0.0137. The van der Waals surface area contributed by atoms with Crippen molar-refractivity contribution in [2.24, 2.45) is 16.9 Å². The Labute approximate surface area is 165 Å². The zero-order valence-corrected chi connectivity index (χ0v) is 15.8. The van der Waals surface area contributed by atoms with Gasteiger partial charge in [-0.05, 0) is 24.7 Å². The average molecular weight is 411 g/mol.